The average molecular weight is 253 g/mol. The van der Waals surface area contributed by atoms with E-state index in [1.807, 2.05) is 18.2 Å². The molecule has 0 fully saturated rings. The molecule has 0 aromatic heterocycles. The number of rotatable bonds is 4. The van der Waals surface area contributed by atoms with Gasteiger partial charge in [-0.2, -0.15) is 0 Å². The maximum Gasteiger partial charge on any atom is 0.0465 e. The molecule has 1 aromatic carbocycles. The molecule has 4 heteroatoms. The molecular formula is C10H12Cl3N. The zero-order valence-corrected chi connectivity index (χ0v) is 9.92. The lowest BCUT2D eigenvalue weighted by Crippen LogP contribution is -2.13. The van der Waals surface area contributed by atoms with Crippen LogP contribution in [0, 0.1) is 0 Å². The third kappa shape index (κ3) is 3.89. The molecule has 1 nitrogen and oxygen atoms in total. The smallest absolute Gasteiger partial charge is 0.0465 e. The van der Waals surface area contributed by atoms with E-state index in [9.17, 15) is 0 Å². The molecule has 0 amide bonds. The van der Waals surface area contributed by atoms with E-state index >= 15 is 0 Å². The molecule has 1 N–H and O–H groups in total. The van der Waals surface area contributed by atoms with Gasteiger partial charge < -0.3 is 5.32 Å². The minimum atomic E-state index is 0. The highest BCUT2D eigenvalue weighted by Crippen LogP contribution is 2.23. The zero-order chi connectivity index (χ0) is 9.68. The van der Waals surface area contributed by atoms with Crippen molar-refractivity contribution in [1.29, 1.82) is 0 Å². The summed E-state index contributed by atoms with van der Waals surface area (Å²) in [5.74, 6) is 0. The normalized spacial score (nSPS) is 9.29. The van der Waals surface area contributed by atoms with Gasteiger partial charge in [0.05, 0.1) is 0 Å². The van der Waals surface area contributed by atoms with Crippen LogP contribution in [0.5, 0.6) is 0 Å². The second-order valence-electron chi connectivity index (χ2n) is 2.62. The van der Waals surface area contributed by atoms with Crippen LogP contribution in [0.3, 0.4) is 0 Å². The van der Waals surface area contributed by atoms with Crippen LogP contribution in [0.1, 0.15) is 5.56 Å². The van der Waals surface area contributed by atoms with Crippen LogP contribution in [0.2, 0.25) is 10.0 Å². The number of hydrogen-bond acceptors (Lipinski definition) is 1. The lowest BCUT2D eigenvalue weighted by Gasteiger charge is -2.06. The summed E-state index contributed by atoms with van der Waals surface area (Å²) < 4.78 is 0. The first kappa shape index (κ1) is 13.8. The highest BCUT2D eigenvalue weighted by Gasteiger charge is 2.03. The van der Waals surface area contributed by atoms with E-state index < -0.39 is 0 Å². The standard InChI is InChI=1S/C10H11Cl2N.ClH/c1-2-6-13-7-8-9(11)4-3-5-10(8)12;/h2-5,13H,1,6-7H2;1H. The summed E-state index contributed by atoms with van der Waals surface area (Å²) in [6.07, 6.45) is 1.80. The highest BCUT2D eigenvalue weighted by atomic mass is 35.5. The predicted molar refractivity (Wildman–Crippen MR) is 65.6 cm³/mol. The van der Waals surface area contributed by atoms with Crippen LogP contribution in [0.25, 0.3) is 0 Å². The molecule has 0 spiro atoms. The Balaban J connectivity index is 0.00000169. The molecule has 0 saturated carbocycles. The average Bonchev–Trinajstić information content (AvgIpc) is 2.10. The van der Waals surface area contributed by atoms with Crippen molar-refractivity contribution >= 4 is 35.6 Å². The van der Waals surface area contributed by atoms with Crippen LogP contribution in [0.4, 0.5) is 0 Å². The maximum absolute atomic E-state index is 5.96. The molecule has 78 valence electrons. The van der Waals surface area contributed by atoms with Gasteiger partial charge in [0.15, 0.2) is 0 Å². The Hall–Kier alpha value is -0.210. The molecule has 0 unspecified atom stereocenters. The van der Waals surface area contributed by atoms with Crippen molar-refractivity contribution in [2.75, 3.05) is 6.54 Å². The van der Waals surface area contributed by atoms with Crippen LogP contribution >= 0.6 is 35.6 Å². The Bertz CT molecular complexity index is 279. The molecule has 1 rings (SSSR count). The van der Waals surface area contributed by atoms with Crippen molar-refractivity contribution in [3.63, 3.8) is 0 Å². The van der Waals surface area contributed by atoms with E-state index in [1.165, 1.54) is 0 Å². The van der Waals surface area contributed by atoms with E-state index in [0.717, 1.165) is 12.1 Å². The summed E-state index contributed by atoms with van der Waals surface area (Å²) >= 11 is 11.9. The monoisotopic (exact) mass is 251 g/mol. The lowest BCUT2D eigenvalue weighted by atomic mass is 10.2. The summed E-state index contributed by atoms with van der Waals surface area (Å²) in [6.45, 7) is 5.03. The highest BCUT2D eigenvalue weighted by molar-refractivity contribution is 6.35. The molecule has 0 saturated heterocycles. The summed E-state index contributed by atoms with van der Waals surface area (Å²) in [5.41, 5.74) is 0.938. The van der Waals surface area contributed by atoms with Crippen molar-refractivity contribution < 1.29 is 0 Å². The fourth-order valence-electron chi connectivity index (χ4n) is 1.00. The molecular weight excluding hydrogens is 240 g/mol. The van der Waals surface area contributed by atoms with Gasteiger partial charge in [0.25, 0.3) is 0 Å². The first-order chi connectivity index (χ1) is 6.25. The summed E-state index contributed by atoms with van der Waals surface area (Å²) in [7, 11) is 0. The quantitative estimate of drug-likeness (QED) is 0.636. The zero-order valence-electron chi connectivity index (χ0n) is 7.59. The Labute approximate surface area is 101 Å². The molecule has 0 aliphatic rings. The van der Waals surface area contributed by atoms with Crippen LogP contribution in [-0.4, -0.2) is 6.54 Å². The molecule has 0 radical (unpaired) electrons. The number of benzene rings is 1. The van der Waals surface area contributed by atoms with Crippen molar-refractivity contribution in [3.8, 4) is 0 Å². The summed E-state index contributed by atoms with van der Waals surface area (Å²) in [5, 5.41) is 4.54. The maximum atomic E-state index is 5.96. The third-order valence-corrected chi connectivity index (χ3v) is 2.36. The van der Waals surface area contributed by atoms with Crippen molar-refractivity contribution in [2.24, 2.45) is 0 Å². The Kier molecular flexibility index (Phi) is 7.02. The Morgan fingerprint density at radius 3 is 2.36 bits per heavy atom. The first-order valence-electron chi connectivity index (χ1n) is 4.00. The van der Waals surface area contributed by atoms with E-state index in [2.05, 4.69) is 11.9 Å². The fourth-order valence-corrected chi connectivity index (χ4v) is 1.53. The minimum Gasteiger partial charge on any atom is -0.309 e. The van der Waals surface area contributed by atoms with Gasteiger partial charge in [-0.3, -0.25) is 0 Å². The van der Waals surface area contributed by atoms with Crippen molar-refractivity contribution in [1.82, 2.24) is 5.32 Å². The largest absolute Gasteiger partial charge is 0.309 e. The van der Waals surface area contributed by atoms with Crippen LogP contribution < -0.4 is 5.32 Å². The molecule has 1 aromatic rings. The van der Waals surface area contributed by atoms with Gasteiger partial charge in [0.2, 0.25) is 0 Å². The van der Waals surface area contributed by atoms with Gasteiger partial charge in [-0.1, -0.05) is 35.3 Å². The van der Waals surface area contributed by atoms with Crippen LogP contribution in [-0.2, 0) is 6.54 Å². The van der Waals surface area contributed by atoms with E-state index in [0.29, 0.717) is 16.6 Å². The Morgan fingerprint density at radius 2 is 1.86 bits per heavy atom. The predicted octanol–water partition coefficient (Wildman–Crippen LogP) is 3.69. The minimum absolute atomic E-state index is 0. The van der Waals surface area contributed by atoms with Crippen LogP contribution in [0.15, 0.2) is 30.9 Å². The molecule has 0 bridgehead atoms. The summed E-state index contributed by atoms with van der Waals surface area (Å²) in [6, 6.07) is 5.50. The SMILES string of the molecule is C=CCNCc1c(Cl)cccc1Cl.Cl. The molecule has 0 heterocycles. The molecule has 0 atom stereocenters. The van der Waals surface area contributed by atoms with Gasteiger partial charge in [-0.05, 0) is 12.1 Å². The second kappa shape index (κ2) is 7.13. The van der Waals surface area contributed by atoms with E-state index in [4.69, 9.17) is 23.2 Å². The van der Waals surface area contributed by atoms with E-state index in [-0.39, 0.29) is 12.4 Å². The van der Waals surface area contributed by atoms with Gasteiger partial charge >= 0.3 is 0 Å². The Morgan fingerprint density at radius 1 is 1.29 bits per heavy atom. The topological polar surface area (TPSA) is 12.0 Å². The molecule has 0 aliphatic carbocycles. The number of hydrogen-bond donors (Lipinski definition) is 1. The first-order valence-corrected chi connectivity index (χ1v) is 4.76. The number of nitrogens with one attached hydrogen (secondary N) is 1. The summed E-state index contributed by atoms with van der Waals surface area (Å²) in [4.78, 5) is 0. The van der Waals surface area contributed by atoms with Crippen molar-refractivity contribution in [2.45, 2.75) is 6.54 Å². The molecule has 14 heavy (non-hydrogen) atoms. The van der Waals surface area contributed by atoms with Gasteiger partial charge in [0, 0.05) is 28.7 Å². The number of halogens is 3. The fraction of sp³-hybridized carbons (Fsp3) is 0.200. The van der Waals surface area contributed by atoms with Gasteiger partial charge in [-0.15, -0.1) is 19.0 Å². The van der Waals surface area contributed by atoms with Gasteiger partial charge in [0.1, 0.15) is 0 Å². The third-order valence-electron chi connectivity index (χ3n) is 1.65. The lowest BCUT2D eigenvalue weighted by molar-refractivity contribution is 0.761. The van der Waals surface area contributed by atoms with E-state index in [1.54, 1.807) is 6.08 Å². The molecule has 0 aliphatic heterocycles. The van der Waals surface area contributed by atoms with Crippen molar-refractivity contribution in [3.05, 3.63) is 46.5 Å². The van der Waals surface area contributed by atoms with Gasteiger partial charge in [-0.25, -0.2) is 0 Å². The second-order valence-corrected chi connectivity index (χ2v) is 3.43.